The van der Waals surface area contributed by atoms with Crippen LogP contribution in [0.2, 0.25) is 0 Å². The summed E-state index contributed by atoms with van der Waals surface area (Å²) in [7, 11) is 0. The molecule has 1 aromatic rings. The molecular formula is C8H7F3N2O2. The lowest BCUT2D eigenvalue weighted by Gasteiger charge is -2.09. The first-order valence-electron chi connectivity index (χ1n) is 3.86. The molecular weight excluding hydrogens is 213 g/mol. The Hall–Kier alpha value is -1.79. The number of carboxylic acids is 1. The van der Waals surface area contributed by atoms with Crippen LogP contribution in [0, 0.1) is 5.95 Å². The van der Waals surface area contributed by atoms with Gasteiger partial charge in [0.2, 0.25) is 5.95 Å². The van der Waals surface area contributed by atoms with Gasteiger partial charge < -0.3 is 10.8 Å². The predicted octanol–water partition coefficient (Wildman–Crippen LogP) is 1.37. The van der Waals surface area contributed by atoms with E-state index in [9.17, 15) is 18.0 Å². The highest BCUT2D eigenvalue weighted by Crippen LogP contribution is 2.29. The molecule has 1 rings (SSSR count). The third-order valence-corrected chi connectivity index (χ3v) is 1.75. The van der Waals surface area contributed by atoms with Crippen molar-refractivity contribution in [3.05, 3.63) is 23.3 Å². The van der Waals surface area contributed by atoms with Crippen LogP contribution in [0.1, 0.15) is 17.6 Å². The van der Waals surface area contributed by atoms with Gasteiger partial charge in [0.15, 0.2) is 0 Å². The van der Waals surface area contributed by atoms with Gasteiger partial charge >= 0.3 is 5.97 Å². The number of carbonyl (C=O) groups is 1. The monoisotopic (exact) mass is 220 g/mol. The fourth-order valence-electron chi connectivity index (χ4n) is 1.14. The number of rotatable bonds is 3. The van der Waals surface area contributed by atoms with Crippen LogP contribution in [0.25, 0.3) is 0 Å². The normalized spacial score (nSPS) is 10.7. The molecule has 1 aromatic heterocycles. The van der Waals surface area contributed by atoms with Gasteiger partial charge in [-0.2, -0.15) is 4.39 Å². The number of hydrogen-bond donors (Lipinski definition) is 2. The predicted molar refractivity (Wildman–Crippen MR) is 44.9 cm³/mol. The summed E-state index contributed by atoms with van der Waals surface area (Å²) in [6.07, 6.45) is -3.16. The molecule has 4 nitrogen and oxygen atoms in total. The molecule has 0 atom stereocenters. The molecule has 0 saturated heterocycles. The molecule has 0 aliphatic carbocycles. The molecule has 0 spiro atoms. The summed E-state index contributed by atoms with van der Waals surface area (Å²) in [5.41, 5.74) is 3.28. The molecule has 0 bridgehead atoms. The molecule has 1 heterocycles. The van der Waals surface area contributed by atoms with Gasteiger partial charge in [-0.05, 0) is 0 Å². The van der Waals surface area contributed by atoms with Crippen LogP contribution in [0.15, 0.2) is 6.20 Å². The summed E-state index contributed by atoms with van der Waals surface area (Å²) in [6, 6.07) is 0. The van der Waals surface area contributed by atoms with Crippen molar-refractivity contribution in [2.45, 2.75) is 12.8 Å². The third kappa shape index (κ3) is 2.36. The van der Waals surface area contributed by atoms with Crippen molar-refractivity contribution in [3.63, 3.8) is 0 Å². The summed E-state index contributed by atoms with van der Waals surface area (Å²) < 4.78 is 37.9. The van der Waals surface area contributed by atoms with Crippen LogP contribution in [0.5, 0.6) is 0 Å². The number of alkyl halides is 2. The highest BCUT2D eigenvalue weighted by molar-refractivity contribution is 5.71. The number of aliphatic carboxylic acids is 1. The fraction of sp³-hybridized carbons (Fsp3) is 0.250. The fourth-order valence-corrected chi connectivity index (χ4v) is 1.14. The van der Waals surface area contributed by atoms with E-state index in [1.807, 2.05) is 0 Å². The highest BCUT2D eigenvalue weighted by atomic mass is 19.3. The van der Waals surface area contributed by atoms with Gasteiger partial charge in [0.1, 0.15) is 0 Å². The maximum atomic E-state index is 13.0. The standard InChI is InChI=1S/C8H7F3N2O2/c9-7(10)6-3(1-5(14)15)8(11)13-2-4(6)12/h2,7H,1,12H2,(H,14,15). The average Bonchev–Trinajstić information content (AvgIpc) is 2.10. The van der Waals surface area contributed by atoms with Crippen molar-refractivity contribution in [3.8, 4) is 0 Å². The second kappa shape index (κ2) is 4.16. The largest absolute Gasteiger partial charge is 0.481 e. The van der Waals surface area contributed by atoms with E-state index in [2.05, 4.69) is 4.98 Å². The van der Waals surface area contributed by atoms with Crippen LogP contribution >= 0.6 is 0 Å². The molecule has 0 saturated carbocycles. The minimum Gasteiger partial charge on any atom is -0.481 e. The molecule has 0 radical (unpaired) electrons. The maximum absolute atomic E-state index is 13.0. The molecule has 0 aliphatic rings. The van der Waals surface area contributed by atoms with E-state index in [0.717, 1.165) is 6.20 Å². The second-order valence-corrected chi connectivity index (χ2v) is 2.77. The lowest BCUT2D eigenvalue weighted by Crippen LogP contribution is -2.10. The number of carboxylic acid groups (broad SMARTS) is 1. The van der Waals surface area contributed by atoms with Crippen LogP contribution in [-0.2, 0) is 11.2 Å². The van der Waals surface area contributed by atoms with Gasteiger partial charge in [0, 0.05) is 5.56 Å². The molecule has 15 heavy (non-hydrogen) atoms. The van der Waals surface area contributed by atoms with E-state index >= 15 is 0 Å². The third-order valence-electron chi connectivity index (χ3n) is 1.75. The summed E-state index contributed by atoms with van der Waals surface area (Å²) in [5.74, 6) is -2.66. The molecule has 7 heteroatoms. The molecule has 0 aliphatic heterocycles. The first-order valence-corrected chi connectivity index (χ1v) is 3.86. The summed E-state index contributed by atoms with van der Waals surface area (Å²) in [6.45, 7) is 0. The molecule has 3 N–H and O–H groups in total. The van der Waals surface area contributed by atoms with E-state index in [0.29, 0.717) is 0 Å². The SMILES string of the molecule is Nc1cnc(F)c(CC(=O)O)c1C(F)F. The van der Waals surface area contributed by atoms with Gasteiger partial charge in [0.25, 0.3) is 6.43 Å². The quantitative estimate of drug-likeness (QED) is 0.754. The Morgan fingerprint density at radius 2 is 2.20 bits per heavy atom. The molecule has 82 valence electrons. The van der Waals surface area contributed by atoms with Crippen LogP contribution < -0.4 is 5.73 Å². The zero-order valence-electron chi connectivity index (χ0n) is 7.38. The first-order chi connectivity index (χ1) is 6.93. The Bertz CT molecular complexity index is 396. The number of pyridine rings is 1. The molecule has 0 amide bonds. The van der Waals surface area contributed by atoms with E-state index in [1.165, 1.54) is 0 Å². The van der Waals surface area contributed by atoms with Crippen molar-refractivity contribution in [2.24, 2.45) is 0 Å². The van der Waals surface area contributed by atoms with Crippen molar-refractivity contribution in [2.75, 3.05) is 5.73 Å². The highest BCUT2D eigenvalue weighted by Gasteiger charge is 2.22. The molecule has 0 unspecified atom stereocenters. The van der Waals surface area contributed by atoms with Crippen LogP contribution in [0.3, 0.4) is 0 Å². The van der Waals surface area contributed by atoms with E-state index < -0.39 is 41.6 Å². The zero-order chi connectivity index (χ0) is 11.6. The minimum absolute atomic E-state index is 0.414. The Morgan fingerprint density at radius 1 is 1.60 bits per heavy atom. The van der Waals surface area contributed by atoms with E-state index in [4.69, 9.17) is 10.8 Å². The van der Waals surface area contributed by atoms with Crippen molar-refractivity contribution in [1.29, 1.82) is 0 Å². The topological polar surface area (TPSA) is 76.2 Å². The first kappa shape index (κ1) is 11.3. The summed E-state index contributed by atoms with van der Waals surface area (Å²) in [5, 5.41) is 8.41. The number of nitrogens with zero attached hydrogens (tertiary/aromatic N) is 1. The molecule has 0 aromatic carbocycles. The number of halogens is 3. The summed E-state index contributed by atoms with van der Waals surface area (Å²) >= 11 is 0. The lowest BCUT2D eigenvalue weighted by molar-refractivity contribution is -0.136. The average molecular weight is 220 g/mol. The van der Waals surface area contributed by atoms with Crippen LogP contribution in [0.4, 0.5) is 18.9 Å². The van der Waals surface area contributed by atoms with Gasteiger partial charge in [0.05, 0.1) is 23.9 Å². The van der Waals surface area contributed by atoms with Gasteiger partial charge in [-0.25, -0.2) is 13.8 Å². The number of nitrogen functional groups attached to an aromatic ring is 1. The Balaban J connectivity index is 3.31. The van der Waals surface area contributed by atoms with Gasteiger partial charge in [-0.1, -0.05) is 0 Å². The Labute approximate surface area is 82.5 Å². The Morgan fingerprint density at radius 3 is 2.67 bits per heavy atom. The van der Waals surface area contributed by atoms with E-state index in [-0.39, 0.29) is 0 Å². The Kier molecular flexibility index (Phi) is 3.13. The summed E-state index contributed by atoms with van der Waals surface area (Å²) in [4.78, 5) is 13.4. The molecule has 0 fully saturated rings. The lowest BCUT2D eigenvalue weighted by atomic mass is 10.1. The number of nitrogens with two attached hydrogens (primary N) is 1. The van der Waals surface area contributed by atoms with Crippen molar-refractivity contribution >= 4 is 11.7 Å². The number of hydrogen-bond acceptors (Lipinski definition) is 3. The van der Waals surface area contributed by atoms with Crippen molar-refractivity contribution in [1.82, 2.24) is 4.98 Å². The van der Waals surface area contributed by atoms with E-state index in [1.54, 1.807) is 0 Å². The number of anilines is 1. The maximum Gasteiger partial charge on any atom is 0.308 e. The van der Waals surface area contributed by atoms with Gasteiger partial charge in [-0.3, -0.25) is 4.79 Å². The van der Waals surface area contributed by atoms with Crippen molar-refractivity contribution < 1.29 is 23.1 Å². The van der Waals surface area contributed by atoms with Gasteiger partial charge in [-0.15, -0.1) is 0 Å². The van der Waals surface area contributed by atoms with Crippen LogP contribution in [-0.4, -0.2) is 16.1 Å². The number of aromatic nitrogens is 1. The second-order valence-electron chi connectivity index (χ2n) is 2.77. The minimum atomic E-state index is -3.03. The smallest absolute Gasteiger partial charge is 0.308 e. The zero-order valence-corrected chi connectivity index (χ0v) is 7.38.